The molecule has 0 radical (unpaired) electrons. The van der Waals surface area contributed by atoms with E-state index in [1.165, 1.54) is 11.6 Å². The predicted molar refractivity (Wildman–Crippen MR) is 73.6 cm³/mol. The predicted octanol–water partition coefficient (Wildman–Crippen LogP) is 2.79. The third kappa shape index (κ3) is 4.72. The molecule has 1 unspecified atom stereocenters. The van der Waals surface area contributed by atoms with Gasteiger partial charge < -0.3 is 10.4 Å². The van der Waals surface area contributed by atoms with Gasteiger partial charge in [-0.15, -0.1) is 0 Å². The summed E-state index contributed by atoms with van der Waals surface area (Å²) in [5.74, 6) is -0.283. The Bertz CT molecular complexity index is 407. The van der Waals surface area contributed by atoms with Gasteiger partial charge in [0, 0.05) is 6.08 Å². The summed E-state index contributed by atoms with van der Waals surface area (Å²) in [4.78, 5) is 10.5. The van der Waals surface area contributed by atoms with Gasteiger partial charge >= 0.3 is 5.97 Å². The summed E-state index contributed by atoms with van der Waals surface area (Å²) in [5.41, 5.74) is 2.38. The van der Waals surface area contributed by atoms with E-state index in [1.807, 2.05) is 19.2 Å². The SMILES string of the molecule is CNC(/C=C/C(=O)O)c1ccc(CC(C)C)cc1. The highest BCUT2D eigenvalue weighted by molar-refractivity contribution is 5.79. The molecule has 0 aliphatic carbocycles. The molecule has 2 N–H and O–H groups in total. The van der Waals surface area contributed by atoms with Crippen molar-refractivity contribution < 1.29 is 9.90 Å². The first-order valence-corrected chi connectivity index (χ1v) is 6.20. The summed E-state index contributed by atoms with van der Waals surface area (Å²) in [7, 11) is 1.82. The van der Waals surface area contributed by atoms with Crippen LogP contribution < -0.4 is 5.32 Å². The Labute approximate surface area is 109 Å². The monoisotopic (exact) mass is 247 g/mol. The molecule has 0 aliphatic rings. The summed E-state index contributed by atoms with van der Waals surface area (Å²) in [5, 5.41) is 11.7. The van der Waals surface area contributed by atoms with Crippen LogP contribution in [-0.4, -0.2) is 18.1 Å². The molecule has 0 spiro atoms. The van der Waals surface area contributed by atoms with Crippen LogP contribution in [0.4, 0.5) is 0 Å². The third-order valence-corrected chi connectivity index (χ3v) is 2.73. The molecule has 0 fully saturated rings. The Morgan fingerprint density at radius 3 is 2.39 bits per heavy atom. The second-order valence-corrected chi connectivity index (χ2v) is 4.80. The lowest BCUT2D eigenvalue weighted by molar-refractivity contribution is -0.131. The molecule has 0 aliphatic heterocycles. The van der Waals surface area contributed by atoms with Gasteiger partial charge in [0.15, 0.2) is 0 Å². The average molecular weight is 247 g/mol. The molecule has 0 heterocycles. The van der Waals surface area contributed by atoms with E-state index < -0.39 is 5.97 Å². The maximum Gasteiger partial charge on any atom is 0.328 e. The largest absolute Gasteiger partial charge is 0.478 e. The van der Waals surface area contributed by atoms with Gasteiger partial charge in [0.05, 0.1) is 6.04 Å². The molecule has 0 saturated heterocycles. The summed E-state index contributed by atoms with van der Waals surface area (Å²) in [6.07, 6.45) is 3.89. The van der Waals surface area contributed by atoms with E-state index >= 15 is 0 Å². The lowest BCUT2D eigenvalue weighted by Gasteiger charge is -2.13. The Morgan fingerprint density at radius 1 is 1.33 bits per heavy atom. The van der Waals surface area contributed by atoms with E-state index in [9.17, 15) is 4.79 Å². The second-order valence-electron chi connectivity index (χ2n) is 4.80. The van der Waals surface area contributed by atoms with Crippen molar-refractivity contribution in [3.63, 3.8) is 0 Å². The number of aliphatic carboxylic acids is 1. The average Bonchev–Trinajstić information content (AvgIpc) is 2.31. The molecule has 3 heteroatoms. The lowest BCUT2D eigenvalue weighted by Crippen LogP contribution is -2.14. The zero-order valence-electron chi connectivity index (χ0n) is 11.2. The van der Waals surface area contributed by atoms with Crippen LogP contribution in [0.3, 0.4) is 0 Å². The molecule has 98 valence electrons. The van der Waals surface area contributed by atoms with Crippen LogP contribution in [0, 0.1) is 5.92 Å². The number of benzene rings is 1. The van der Waals surface area contributed by atoms with Crippen molar-refractivity contribution >= 4 is 5.97 Å². The van der Waals surface area contributed by atoms with Crippen LogP contribution in [0.25, 0.3) is 0 Å². The molecular formula is C15H21NO2. The highest BCUT2D eigenvalue weighted by Gasteiger charge is 2.06. The second kappa shape index (κ2) is 6.97. The van der Waals surface area contributed by atoms with Crippen LogP contribution in [0.1, 0.15) is 31.0 Å². The Balaban J connectivity index is 2.78. The van der Waals surface area contributed by atoms with Crippen LogP contribution >= 0.6 is 0 Å². The van der Waals surface area contributed by atoms with Crippen molar-refractivity contribution in [1.29, 1.82) is 0 Å². The van der Waals surface area contributed by atoms with Crippen molar-refractivity contribution in [2.75, 3.05) is 7.05 Å². The first-order valence-electron chi connectivity index (χ1n) is 6.20. The van der Waals surface area contributed by atoms with E-state index in [0.29, 0.717) is 5.92 Å². The van der Waals surface area contributed by atoms with E-state index in [1.54, 1.807) is 6.08 Å². The fourth-order valence-corrected chi connectivity index (χ4v) is 1.89. The van der Waals surface area contributed by atoms with Crippen molar-refractivity contribution in [3.8, 4) is 0 Å². The minimum absolute atomic E-state index is 0.0609. The molecule has 0 aromatic heterocycles. The standard InChI is InChI=1S/C15H21NO2/c1-11(2)10-12-4-6-13(7-5-12)14(16-3)8-9-15(17)18/h4-9,11,14,16H,10H2,1-3H3,(H,17,18)/b9-8+. The molecule has 3 nitrogen and oxygen atoms in total. The number of carboxylic acids is 1. The van der Waals surface area contributed by atoms with Crippen LogP contribution in [0.15, 0.2) is 36.4 Å². The third-order valence-electron chi connectivity index (χ3n) is 2.73. The Kier molecular flexibility index (Phi) is 5.59. The maximum absolute atomic E-state index is 10.5. The van der Waals surface area contributed by atoms with E-state index in [0.717, 1.165) is 12.0 Å². The number of likely N-dealkylation sites (N-methyl/N-ethyl adjacent to an activating group) is 1. The maximum atomic E-state index is 10.5. The van der Waals surface area contributed by atoms with Gasteiger partial charge in [0.25, 0.3) is 0 Å². The number of nitrogens with one attached hydrogen (secondary N) is 1. The molecule has 1 rings (SSSR count). The van der Waals surface area contributed by atoms with Crippen molar-refractivity contribution in [2.24, 2.45) is 5.92 Å². The molecule has 18 heavy (non-hydrogen) atoms. The molecule has 1 aromatic rings. The number of rotatable bonds is 6. The van der Waals surface area contributed by atoms with Gasteiger partial charge in [-0.25, -0.2) is 4.79 Å². The first kappa shape index (κ1) is 14.5. The quantitative estimate of drug-likeness (QED) is 0.760. The zero-order chi connectivity index (χ0) is 13.5. The van der Waals surface area contributed by atoms with Crippen LogP contribution in [0.2, 0.25) is 0 Å². The fourth-order valence-electron chi connectivity index (χ4n) is 1.89. The summed E-state index contributed by atoms with van der Waals surface area (Å²) < 4.78 is 0. The van der Waals surface area contributed by atoms with E-state index in [4.69, 9.17) is 5.11 Å². The van der Waals surface area contributed by atoms with Crippen molar-refractivity contribution in [2.45, 2.75) is 26.3 Å². The highest BCUT2D eigenvalue weighted by Crippen LogP contribution is 2.16. The van der Waals surface area contributed by atoms with Gasteiger partial charge in [-0.1, -0.05) is 44.2 Å². The molecule has 0 saturated carbocycles. The zero-order valence-corrected chi connectivity index (χ0v) is 11.2. The van der Waals surface area contributed by atoms with Crippen LogP contribution in [0.5, 0.6) is 0 Å². The number of hydrogen-bond donors (Lipinski definition) is 2. The smallest absolute Gasteiger partial charge is 0.328 e. The number of hydrogen-bond acceptors (Lipinski definition) is 2. The molecule has 0 bridgehead atoms. The number of carboxylic acid groups (broad SMARTS) is 1. The van der Waals surface area contributed by atoms with Gasteiger partial charge in [0.1, 0.15) is 0 Å². The lowest BCUT2D eigenvalue weighted by atomic mass is 9.99. The Hall–Kier alpha value is -1.61. The van der Waals surface area contributed by atoms with Crippen LogP contribution in [-0.2, 0) is 11.2 Å². The molecule has 1 aromatic carbocycles. The topological polar surface area (TPSA) is 49.3 Å². The Morgan fingerprint density at radius 2 is 1.94 bits per heavy atom. The van der Waals surface area contributed by atoms with Gasteiger partial charge in [0.2, 0.25) is 0 Å². The van der Waals surface area contributed by atoms with Gasteiger partial charge in [-0.3, -0.25) is 0 Å². The van der Waals surface area contributed by atoms with Gasteiger partial charge in [-0.2, -0.15) is 0 Å². The molecule has 1 atom stereocenters. The first-order chi connectivity index (χ1) is 8.52. The minimum Gasteiger partial charge on any atom is -0.478 e. The molecular weight excluding hydrogens is 226 g/mol. The highest BCUT2D eigenvalue weighted by atomic mass is 16.4. The molecule has 0 amide bonds. The summed E-state index contributed by atoms with van der Waals surface area (Å²) in [6.45, 7) is 4.39. The van der Waals surface area contributed by atoms with E-state index in [2.05, 4.69) is 31.3 Å². The summed E-state index contributed by atoms with van der Waals surface area (Å²) >= 11 is 0. The van der Waals surface area contributed by atoms with Crippen molar-refractivity contribution in [3.05, 3.63) is 47.5 Å². The fraction of sp³-hybridized carbons (Fsp3) is 0.400. The van der Waals surface area contributed by atoms with Gasteiger partial charge in [-0.05, 0) is 30.5 Å². The summed E-state index contributed by atoms with van der Waals surface area (Å²) in [6, 6.07) is 8.24. The normalized spacial score (nSPS) is 13.1. The number of carbonyl (C=O) groups is 1. The minimum atomic E-state index is -0.924. The van der Waals surface area contributed by atoms with E-state index in [-0.39, 0.29) is 6.04 Å². The van der Waals surface area contributed by atoms with Crippen molar-refractivity contribution in [1.82, 2.24) is 5.32 Å².